The molecule has 0 N–H and O–H groups in total. The van der Waals surface area contributed by atoms with Gasteiger partial charge in [-0.15, -0.1) is 0 Å². The minimum atomic E-state index is 0.207. The normalized spacial score (nSPS) is 17.9. The summed E-state index contributed by atoms with van der Waals surface area (Å²) in [7, 11) is 0. The lowest BCUT2D eigenvalue weighted by atomic mass is 9.65. The van der Waals surface area contributed by atoms with Crippen LogP contribution < -0.4 is 4.74 Å². The Balaban J connectivity index is 1.95. The fourth-order valence-corrected chi connectivity index (χ4v) is 3.88. The van der Waals surface area contributed by atoms with Gasteiger partial charge in [0.15, 0.2) is 6.79 Å². The summed E-state index contributed by atoms with van der Waals surface area (Å²) in [5.41, 5.74) is 4.14. The number of benzene rings is 1. The molecular weight excluding hydrogens is 332 g/mol. The van der Waals surface area contributed by atoms with Gasteiger partial charge in [0.25, 0.3) is 0 Å². The number of ether oxygens (including phenoxy) is 2. The Labute approximate surface area is 165 Å². The molecule has 0 aromatic heterocycles. The number of rotatable bonds is 9. The number of allylic oxidation sites excluding steroid dienone is 5. The molecule has 0 radical (unpaired) electrons. The van der Waals surface area contributed by atoms with Crippen molar-refractivity contribution in [3.63, 3.8) is 0 Å². The summed E-state index contributed by atoms with van der Waals surface area (Å²) < 4.78 is 11.4. The Kier molecular flexibility index (Phi) is 8.60. The summed E-state index contributed by atoms with van der Waals surface area (Å²) >= 11 is 0. The Bertz CT molecular complexity index is 671. The van der Waals surface area contributed by atoms with Crippen LogP contribution in [-0.4, -0.2) is 13.4 Å². The molecule has 0 amide bonds. The van der Waals surface area contributed by atoms with Crippen LogP contribution in [0.2, 0.25) is 0 Å². The topological polar surface area (TPSA) is 18.5 Å². The van der Waals surface area contributed by atoms with E-state index in [0.717, 1.165) is 11.3 Å². The van der Waals surface area contributed by atoms with E-state index in [1.54, 1.807) is 0 Å². The summed E-state index contributed by atoms with van der Waals surface area (Å²) in [6, 6.07) is 8.60. The van der Waals surface area contributed by atoms with Crippen LogP contribution in [-0.2, 0) is 10.2 Å². The predicted molar refractivity (Wildman–Crippen MR) is 115 cm³/mol. The number of hydrogen-bond donors (Lipinski definition) is 0. The molecule has 2 nitrogen and oxygen atoms in total. The van der Waals surface area contributed by atoms with Gasteiger partial charge in [0.1, 0.15) is 5.75 Å². The van der Waals surface area contributed by atoms with Crippen LogP contribution in [0.25, 0.3) is 0 Å². The Hall–Kier alpha value is -2.06. The van der Waals surface area contributed by atoms with E-state index in [4.69, 9.17) is 9.47 Å². The summed E-state index contributed by atoms with van der Waals surface area (Å²) in [6.07, 6.45) is 16.5. The average molecular weight is 367 g/mol. The van der Waals surface area contributed by atoms with Gasteiger partial charge in [0, 0.05) is 5.41 Å². The molecule has 1 aliphatic carbocycles. The standard InChI is InChI=1S/C25H34O2/c1-5-8-12-22(7-3)19-26-20-27-24-15-13-23(14-16-24)25(21(4)6-2)17-10-9-11-18-25/h5-8,12-16H,3,9-11,17-20H2,1-2,4H3/b8-5-,21-6+,22-12+. The van der Waals surface area contributed by atoms with Crippen molar-refractivity contribution in [3.8, 4) is 5.75 Å². The summed E-state index contributed by atoms with van der Waals surface area (Å²) in [5.74, 6) is 0.848. The fourth-order valence-electron chi connectivity index (χ4n) is 3.88. The van der Waals surface area contributed by atoms with Crippen molar-refractivity contribution in [2.75, 3.05) is 13.4 Å². The molecule has 1 aromatic rings. The SMILES string of the molecule is C=C/C(=C\C=C/C)COCOc1ccc(C2(/C(C)=C/C)CCCCC2)cc1. The van der Waals surface area contributed by atoms with Gasteiger partial charge in [-0.25, -0.2) is 0 Å². The molecule has 2 rings (SSSR count). The molecule has 1 saturated carbocycles. The van der Waals surface area contributed by atoms with Gasteiger partial charge in [-0.2, -0.15) is 0 Å². The van der Waals surface area contributed by atoms with Crippen LogP contribution in [0.15, 0.2) is 72.4 Å². The lowest BCUT2D eigenvalue weighted by molar-refractivity contribution is 0.0283. The van der Waals surface area contributed by atoms with Crippen LogP contribution in [0.3, 0.4) is 0 Å². The van der Waals surface area contributed by atoms with Crippen LogP contribution in [0.4, 0.5) is 0 Å². The molecule has 1 aliphatic rings. The first-order valence-corrected chi connectivity index (χ1v) is 10.0. The summed E-state index contributed by atoms with van der Waals surface area (Å²) in [6.45, 7) is 11.0. The summed E-state index contributed by atoms with van der Waals surface area (Å²) in [5, 5.41) is 0. The van der Waals surface area contributed by atoms with E-state index in [0.29, 0.717) is 6.61 Å². The quantitative estimate of drug-likeness (QED) is 0.205. The highest BCUT2D eigenvalue weighted by atomic mass is 16.7. The van der Waals surface area contributed by atoms with Gasteiger partial charge in [-0.05, 0) is 56.9 Å². The average Bonchev–Trinajstić information content (AvgIpc) is 2.73. The van der Waals surface area contributed by atoms with E-state index in [-0.39, 0.29) is 12.2 Å². The molecule has 0 spiro atoms. The van der Waals surface area contributed by atoms with Crippen molar-refractivity contribution in [2.45, 2.75) is 58.3 Å². The number of hydrogen-bond acceptors (Lipinski definition) is 2. The second kappa shape index (κ2) is 10.9. The van der Waals surface area contributed by atoms with E-state index in [1.807, 2.05) is 31.2 Å². The van der Waals surface area contributed by atoms with Gasteiger partial charge in [0.2, 0.25) is 0 Å². The lowest BCUT2D eigenvalue weighted by Gasteiger charge is -2.39. The molecule has 0 heterocycles. The van der Waals surface area contributed by atoms with Crippen LogP contribution >= 0.6 is 0 Å². The molecule has 1 fully saturated rings. The monoisotopic (exact) mass is 366 g/mol. The second-order valence-corrected chi connectivity index (χ2v) is 7.22. The highest BCUT2D eigenvalue weighted by Crippen LogP contribution is 2.45. The molecule has 0 bridgehead atoms. The molecule has 0 aliphatic heterocycles. The smallest absolute Gasteiger partial charge is 0.189 e. The molecule has 0 saturated heterocycles. The van der Waals surface area contributed by atoms with Gasteiger partial charge in [0.05, 0.1) is 6.61 Å². The van der Waals surface area contributed by atoms with Crippen molar-refractivity contribution < 1.29 is 9.47 Å². The fraction of sp³-hybridized carbons (Fsp3) is 0.440. The van der Waals surface area contributed by atoms with Crippen LogP contribution in [0, 0.1) is 0 Å². The zero-order chi connectivity index (χ0) is 19.5. The second-order valence-electron chi connectivity index (χ2n) is 7.22. The zero-order valence-electron chi connectivity index (χ0n) is 17.2. The molecule has 2 heteroatoms. The van der Waals surface area contributed by atoms with Crippen molar-refractivity contribution in [3.05, 3.63) is 77.9 Å². The third-order valence-electron chi connectivity index (χ3n) is 5.64. The first-order valence-electron chi connectivity index (χ1n) is 10.0. The van der Waals surface area contributed by atoms with Gasteiger partial charge < -0.3 is 9.47 Å². The van der Waals surface area contributed by atoms with Crippen molar-refractivity contribution in [1.29, 1.82) is 0 Å². The molecule has 1 aromatic carbocycles. The lowest BCUT2D eigenvalue weighted by Crippen LogP contribution is -2.30. The molecule has 0 unspecified atom stereocenters. The van der Waals surface area contributed by atoms with Crippen LogP contribution in [0.1, 0.15) is 58.4 Å². The molecular formula is C25H34O2. The zero-order valence-corrected chi connectivity index (χ0v) is 17.2. The Morgan fingerprint density at radius 2 is 1.81 bits per heavy atom. The first-order chi connectivity index (χ1) is 13.2. The van der Waals surface area contributed by atoms with E-state index >= 15 is 0 Å². The molecule has 27 heavy (non-hydrogen) atoms. The predicted octanol–water partition coefficient (Wildman–Crippen LogP) is 6.90. The molecule has 146 valence electrons. The van der Waals surface area contributed by atoms with Crippen molar-refractivity contribution in [2.24, 2.45) is 0 Å². The highest BCUT2D eigenvalue weighted by Gasteiger charge is 2.34. The van der Waals surface area contributed by atoms with E-state index < -0.39 is 0 Å². The maximum atomic E-state index is 5.75. The third-order valence-corrected chi connectivity index (χ3v) is 5.64. The summed E-state index contributed by atoms with van der Waals surface area (Å²) in [4.78, 5) is 0. The minimum absolute atomic E-state index is 0.207. The van der Waals surface area contributed by atoms with E-state index in [9.17, 15) is 0 Å². The maximum absolute atomic E-state index is 5.75. The van der Waals surface area contributed by atoms with Gasteiger partial charge in [-0.3, -0.25) is 0 Å². The largest absolute Gasteiger partial charge is 0.468 e. The van der Waals surface area contributed by atoms with E-state index in [2.05, 4.69) is 50.8 Å². The maximum Gasteiger partial charge on any atom is 0.189 e. The first kappa shape index (κ1) is 21.2. The Morgan fingerprint density at radius 3 is 2.41 bits per heavy atom. The van der Waals surface area contributed by atoms with Crippen molar-refractivity contribution >= 4 is 0 Å². The molecule has 0 atom stereocenters. The van der Waals surface area contributed by atoms with Gasteiger partial charge >= 0.3 is 0 Å². The highest BCUT2D eigenvalue weighted by molar-refractivity contribution is 5.39. The van der Waals surface area contributed by atoms with Gasteiger partial charge in [-0.1, -0.05) is 73.9 Å². The van der Waals surface area contributed by atoms with Crippen LogP contribution in [0.5, 0.6) is 5.75 Å². The minimum Gasteiger partial charge on any atom is -0.468 e. The van der Waals surface area contributed by atoms with Crippen molar-refractivity contribution in [1.82, 2.24) is 0 Å². The van der Waals surface area contributed by atoms with E-state index in [1.165, 1.54) is 43.2 Å². The third kappa shape index (κ3) is 5.71. The Morgan fingerprint density at radius 1 is 1.11 bits per heavy atom.